The molecule has 0 radical (unpaired) electrons. The number of hydrogen-bond acceptors (Lipinski definition) is 4. The number of aromatic nitrogens is 1. The van der Waals surface area contributed by atoms with Crippen LogP contribution in [0.5, 0.6) is 0 Å². The van der Waals surface area contributed by atoms with Crippen molar-refractivity contribution in [3.63, 3.8) is 0 Å². The average molecular weight is 234 g/mol. The molecule has 1 aliphatic heterocycles. The first-order chi connectivity index (χ1) is 8.25. The summed E-state index contributed by atoms with van der Waals surface area (Å²) in [6.45, 7) is 2.08. The molecular formula is C12H14N2O3. The van der Waals surface area contributed by atoms with Crippen molar-refractivity contribution in [3.05, 3.63) is 35.5 Å². The summed E-state index contributed by atoms with van der Waals surface area (Å²) in [4.78, 5) is 14.7. The van der Waals surface area contributed by atoms with Gasteiger partial charge in [0.25, 0.3) is 0 Å². The van der Waals surface area contributed by atoms with Crippen molar-refractivity contribution < 1.29 is 14.6 Å². The quantitative estimate of drug-likeness (QED) is 0.773. The Morgan fingerprint density at radius 2 is 2.41 bits per heavy atom. The number of nitrogens with zero attached hydrogens (tertiary/aromatic N) is 1. The lowest BCUT2D eigenvalue weighted by Crippen LogP contribution is -2.13. The number of carboxylic acid groups (broad SMARTS) is 1. The van der Waals surface area contributed by atoms with Gasteiger partial charge in [-0.3, -0.25) is 0 Å². The Morgan fingerprint density at radius 3 is 3.12 bits per heavy atom. The number of rotatable bonds is 4. The fraction of sp³-hybridized carbons (Fsp3) is 0.333. The molecule has 0 aliphatic carbocycles. The van der Waals surface area contributed by atoms with Gasteiger partial charge in [0.2, 0.25) is 0 Å². The van der Waals surface area contributed by atoms with Crippen molar-refractivity contribution in [3.8, 4) is 0 Å². The minimum Gasteiger partial charge on any atom is -0.477 e. The number of aromatic carboxylic acids is 1. The van der Waals surface area contributed by atoms with Crippen molar-refractivity contribution in [2.45, 2.75) is 6.42 Å². The molecule has 2 N–H and O–H groups in total. The van der Waals surface area contributed by atoms with E-state index in [1.165, 1.54) is 11.6 Å². The van der Waals surface area contributed by atoms with Crippen LogP contribution in [0.25, 0.3) is 0 Å². The minimum absolute atomic E-state index is 0.0518. The van der Waals surface area contributed by atoms with Crippen molar-refractivity contribution in [1.29, 1.82) is 0 Å². The van der Waals surface area contributed by atoms with Gasteiger partial charge in [0.05, 0.1) is 13.2 Å². The van der Waals surface area contributed by atoms with Crippen LogP contribution < -0.4 is 5.32 Å². The van der Waals surface area contributed by atoms with Crippen LogP contribution in [-0.4, -0.2) is 35.8 Å². The molecular weight excluding hydrogens is 220 g/mol. The molecule has 90 valence electrons. The first-order valence-electron chi connectivity index (χ1n) is 5.45. The molecule has 0 spiro atoms. The number of carbonyl (C=O) groups is 1. The molecule has 5 nitrogen and oxygen atoms in total. The Balaban J connectivity index is 1.96. The molecule has 2 heterocycles. The molecule has 0 bridgehead atoms. The van der Waals surface area contributed by atoms with Crippen molar-refractivity contribution in [2.75, 3.05) is 25.1 Å². The first-order valence-corrected chi connectivity index (χ1v) is 5.45. The molecule has 0 aromatic carbocycles. The number of nitrogens with one attached hydrogen (secondary N) is 1. The van der Waals surface area contributed by atoms with Crippen LogP contribution in [0, 0.1) is 0 Å². The zero-order valence-corrected chi connectivity index (χ0v) is 9.35. The van der Waals surface area contributed by atoms with Crippen LogP contribution in [0.15, 0.2) is 29.8 Å². The van der Waals surface area contributed by atoms with Gasteiger partial charge in [-0.15, -0.1) is 0 Å². The smallest absolute Gasteiger partial charge is 0.354 e. The number of carboxylic acids is 1. The average Bonchev–Trinajstić information content (AvgIpc) is 2.38. The Kier molecular flexibility index (Phi) is 3.72. The third-order valence-electron chi connectivity index (χ3n) is 2.52. The molecule has 0 saturated carbocycles. The van der Waals surface area contributed by atoms with Crippen molar-refractivity contribution in [2.24, 2.45) is 0 Å². The van der Waals surface area contributed by atoms with E-state index in [1.807, 2.05) is 6.08 Å². The highest BCUT2D eigenvalue weighted by molar-refractivity contribution is 5.85. The summed E-state index contributed by atoms with van der Waals surface area (Å²) in [5, 5.41) is 11.9. The summed E-state index contributed by atoms with van der Waals surface area (Å²) < 4.78 is 5.20. The summed E-state index contributed by atoms with van der Waals surface area (Å²) in [7, 11) is 0. The summed E-state index contributed by atoms with van der Waals surface area (Å²) in [6.07, 6.45) is 2.95. The first kappa shape index (κ1) is 11.6. The van der Waals surface area contributed by atoms with Crippen LogP contribution >= 0.6 is 0 Å². The van der Waals surface area contributed by atoms with Gasteiger partial charge in [0.1, 0.15) is 5.82 Å². The van der Waals surface area contributed by atoms with Gasteiger partial charge in [0, 0.05) is 6.54 Å². The number of hydrogen-bond donors (Lipinski definition) is 2. The van der Waals surface area contributed by atoms with Crippen LogP contribution in [0.2, 0.25) is 0 Å². The maximum atomic E-state index is 10.7. The maximum absolute atomic E-state index is 10.7. The fourth-order valence-electron chi connectivity index (χ4n) is 1.58. The monoisotopic (exact) mass is 234 g/mol. The van der Waals surface area contributed by atoms with E-state index < -0.39 is 5.97 Å². The number of ether oxygens (including phenoxy) is 1. The predicted octanol–water partition coefficient (Wildman–Crippen LogP) is 1.54. The fourth-order valence-corrected chi connectivity index (χ4v) is 1.58. The summed E-state index contributed by atoms with van der Waals surface area (Å²) in [5.41, 5.74) is 1.31. The van der Waals surface area contributed by atoms with E-state index in [2.05, 4.69) is 10.3 Å². The standard InChI is InChI=1S/C12H14N2O3/c15-12(16)10-2-1-3-11(14-10)13-8-9-4-6-17-7-5-9/h1-4H,5-8H2,(H,13,14)(H,15,16). The molecule has 0 amide bonds. The molecule has 1 aromatic heterocycles. The molecule has 0 unspecified atom stereocenters. The van der Waals surface area contributed by atoms with E-state index in [0.29, 0.717) is 19.0 Å². The third-order valence-corrected chi connectivity index (χ3v) is 2.52. The Bertz CT molecular complexity index is 443. The molecule has 5 heteroatoms. The van der Waals surface area contributed by atoms with E-state index in [9.17, 15) is 4.79 Å². The van der Waals surface area contributed by atoms with Gasteiger partial charge < -0.3 is 15.2 Å². The van der Waals surface area contributed by atoms with Crippen LogP contribution in [0.1, 0.15) is 16.9 Å². The van der Waals surface area contributed by atoms with Crippen molar-refractivity contribution in [1.82, 2.24) is 4.98 Å². The second-order valence-corrected chi connectivity index (χ2v) is 3.75. The van der Waals surface area contributed by atoms with Gasteiger partial charge in [-0.05, 0) is 18.6 Å². The largest absolute Gasteiger partial charge is 0.477 e. The normalized spacial score (nSPS) is 15.2. The zero-order chi connectivity index (χ0) is 12.1. The molecule has 0 saturated heterocycles. The van der Waals surface area contributed by atoms with Crippen LogP contribution in [-0.2, 0) is 4.74 Å². The second-order valence-electron chi connectivity index (χ2n) is 3.75. The Hall–Kier alpha value is -1.88. The van der Waals surface area contributed by atoms with Crippen LogP contribution in [0.3, 0.4) is 0 Å². The Labute approximate surface area is 99.1 Å². The minimum atomic E-state index is -1.01. The molecule has 1 aromatic rings. The molecule has 1 aliphatic rings. The van der Waals surface area contributed by atoms with Gasteiger partial charge in [-0.25, -0.2) is 9.78 Å². The van der Waals surface area contributed by atoms with Gasteiger partial charge >= 0.3 is 5.97 Å². The highest BCUT2D eigenvalue weighted by Crippen LogP contribution is 2.10. The van der Waals surface area contributed by atoms with E-state index in [-0.39, 0.29) is 5.69 Å². The highest BCUT2D eigenvalue weighted by Gasteiger charge is 2.06. The lowest BCUT2D eigenvalue weighted by Gasteiger charge is -2.14. The maximum Gasteiger partial charge on any atom is 0.354 e. The van der Waals surface area contributed by atoms with E-state index in [1.54, 1.807) is 12.1 Å². The van der Waals surface area contributed by atoms with Crippen LogP contribution in [0.4, 0.5) is 5.82 Å². The lowest BCUT2D eigenvalue weighted by atomic mass is 10.1. The van der Waals surface area contributed by atoms with Crippen molar-refractivity contribution >= 4 is 11.8 Å². The van der Waals surface area contributed by atoms with Gasteiger partial charge in [-0.1, -0.05) is 17.7 Å². The summed E-state index contributed by atoms with van der Waals surface area (Å²) in [6, 6.07) is 4.91. The second kappa shape index (κ2) is 5.45. The zero-order valence-electron chi connectivity index (χ0n) is 9.35. The van der Waals surface area contributed by atoms with E-state index >= 15 is 0 Å². The topological polar surface area (TPSA) is 71.5 Å². The summed E-state index contributed by atoms with van der Waals surface area (Å²) in [5.74, 6) is -0.434. The van der Waals surface area contributed by atoms with E-state index in [0.717, 1.165) is 13.0 Å². The van der Waals surface area contributed by atoms with E-state index in [4.69, 9.17) is 9.84 Å². The third kappa shape index (κ3) is 3.29. The molecule has 0 atom stereocenters. The SMILES string of the molecule is O=C(O)c1cccc(NCC2=CCOCC2)n1. The number of pyridine rings is 1. The Morgan fingerprint density at radius 1 is 1.53 bits per heavy atom. The summed E-state index contributed by atoms with van der Waals surface area (Å²) >= 11 is 0. The highest BCUT2D eigenvalue weighted by atomic mass is 16.5. The molecule has 17 heavy (non-hydrogen) atoms. The molecule has 0 fully saturated rings. The lowest BCUT2D eigenvalue weighted by molar-refractivity contribution is 0.0690. The van der Waals surface area contributed by atoms with Gasteiger partial charge in [0.15, 0.2) is 5.69 Å². The predicted molar refractivity (Wildman–Crippen MR) is 63.2 cm³/mol. The van der Waals surface area contributed by atoms with Gasteiger partial charge in [-0.2, -0.15) is 0 Å². The molecule has 2 rings (SSSR count). The number of anilines is 1.